The number of hydrogen-bond acceptors (Lipinski definition) is 4. The van der Waals surface area contributed by atoms with E-state index in [-0.39, 0.29) is 0 Å². The highest BCUT2D eigenvalue weighted by molar-refractivity contribution is 5.92. The second-order valence-electron chi connectivity index (χ2n) is 9.31. The van der Waals surface area contributed by atoms with Gasteiger partial charge in [-0.25, -0.2) is 15.0 Å². The molecule has 0 bridgehead atoms. The third kappa shape index (κ3) is 4.49. The third-order valence-electron chi connectivity index (χ3n) is 6.76. The lowest BCUT2D eigenvalue weighted by atomic mass is 10.0. The summed E-state index contributed by atoms with van der Waals surface area (Å²) >= 11 is 0. The molecule has 0 aliphatic carbocycles. The van der Waals surface area contributed by atoms with Gasteiger partial charge in [-0.15, -0.1) is 0 Å². The van der Waals surface area contributed by atoms with Crippen molar-refractivity contribution in [1.29, 1.82) is 0 Å². The summed E-state index contributed by atoms with van der Waals surface area (Å²) in [6.45, 7) is 0. The maximum Gasteiger partial charge on any atom is 0.227 e. The van der Waals surface area contributed by atoms with Crippen molar-refractivity contribution in [1.82, 2.24) is 15.0 Å². The lowest BCUT2D eigenvalue weighted by Gasteiger charge is -2.10. The van der Waals surface area contributed by atoms with Gasteiger partial charge in [-0.05, 0) is 35.4 Å². The molecule has 39 heavy (non-hydrogen) atoms. The van der Waals surface area contributed by atoms with Gasteiger partial charge in [-0.3, -0.25) is 0 Å². The van der Waals surface area contributed by atoms with Crippen molar-refractivity contribution in [3.05, 3.63) is 140 Å². The maximum absolute atomic E-state index is 6.15. The van der Waals surface area contributed by atoms with Crippen LogP contribution in [0.25, 0.3) is 67.6 Å². The minimum absolute atomic E-state index is 0.590. The molecule has 0 aliphatic heterocycles. The Balaban J connectivity index is 1.37. The van der Waals surface area contributed by atoms with Crippen molar-refractivity contribution in [2.75, 3.05) is 0 Å². The van der Waals surface area contributed by atoms with E-state index in [9.17, 15) is 0 Å². The van der Waals surface area contributed by atoms with E-state index < -0.39 is 0 Å². The Hall–Kier alpha value is -5.35. The molecule has 0 atom stereocenters. The smallest absolute Gasteiger partial charge is 0.227 e. The Labute approximate surface area is 226 Å². The highest BCUT2D eigenvalue weighted by Crippen LogP contribution is 2.34. The van der Waals surface area contributed by atoms with Crippen molar-refractivity contribution in [2.45, 2.75) is 0 Å². The zero-order valence-electron chi connectivity index (χ0n) is 21.0. The first-order valence-electron chi connectivity index (χ1n) is 12.9. The fourth-order valence-electron chi connectivity index (χ4n) is 4.77. The van der Waals surface area contributed by atoms with Crippen molar-refractivity contribution in [2.24, 2.45) is 0 Å². The van der Waals surface area contributed by atoms with Crippen LogP contribution in [0.1, 0.15) is 0 Å². The number of fused-ring (bicyclic) bond motifs is 1. The molecule has 0 saturated carbocycles. The van der Waals surface area contributed by atoms with E-state index in [4.69, 9.17) is 19.4 Å². The van der Waals surface area contributed by atoms with E-state index in [1.165, 1.54) is 5.56 Å². The van der Waals surface area contributed by atoms with Crippen LogP contribution in [0.4, 0.5) is 0 Å². The van der Waals surface area contributed by atoms with Crippen LogP contribution < -0.4 is 0 Å². The van der Waals surface area contributed by atoms with E-state index in [0.717, 1.165) is 50.3 Å². The zero-order valence-corrected chi connectivity index (χ0v) is 21.0. The van der Waals surface area contributed by atoms with Crippen molar-refractivity contribution in [3.63, 3.8) is 0 Å². The number of para-hydroxylation sites is 1. The molecule has 2 heterocycles. The molecule has 0 radical (unpaired) electrons. The molecule has 0 N–H and O–H groups in total. The first kappa shape index (κ1) is 22.8. The van der Waals surface area contributed by atoms with Crippen molar-refractivity contribution >= 4 is 11.1 Å². The number of oxazole rings is 1. The van der Waals surface area contributed by atoms with E-state index in [0.29, 0.717) is 11.7 Å². The van der Waals surface area contributed by atoms with Crippen LogP contribution in [0.15, 0.2) is 144 Å². The van der Waals surface area contributed by atoms with E-state index in [1.54, 1.807) is 0 Å². The first-order chi connectivity index (χ1) is 19.3. The van der Waals surface area contributed by atoms with E-state index in [2.05, 4.69) is 60.7 Å². The summed E-state index contributed by atoms with van der Waals surface area (Å²) in [4.78, 5) is 14.9. The molecular formula is C35H23N3O. The molecule has 0 saturated heterocycles. The maximum atomic E-state index is 6.15. The summed E-state index contributed by atoms with van der Waals surface area (Å²) in [6, 6.07) is 46.9. The lowest BCUT2D eigenvalue weighted by molar-refractivity contribution is 0.620. The SMILES string of the molecule is c1ccc(-c2ccc(-c3nc(-c4ccccc4)cc(-c4cccc5oc(-c6ccccc6)nc45)n3)cc2)cc1. The highest BCUT2D eigenvalue weighted by Gasteiger charge is 2.16. The molecule has 184 valence electrons. The minimum atomic E-state index is 0.590. The van der Waals surface area contributed by atoms with E-state index in [1.807, 2.05) is 78.9 Å². The molecule has 2 aromatic heterocycles. The van der Waals surface area contributed by atoms with Crippen molar-refractivity contribution in [3.8, 4) is 56.5 Å². The van der Waals surface area contributed by atoms with Gasteiger partial charge in [0.25, 0.3) is 0 Å². The molecule has 0 unspecified atom stereocenters. The van der Waals surface area contributed by atoms with Crippen molar-refractivity contribution < 1.29 is 4.42 Å². The van der Waals surface area contributed by atoms with Gasteiger partial charge in [0.2, 0.25) is 5.89 Å². The highest BCUT2D eigenvalue weighted by atomic mass is 16.3. The second kappa shape index (κ2) is 9.84. The van der Waals surface area contributed by atoms with Gasteiger partial charge < -0.3 is 4.42 Å². The van der Waals surface area contributed by atoms with Gasteiger partial charge in [0.05, 0.1) is 11.4 Å². The van der Waals surface area contributed by atoms with Crippen LogP contribution in [0.2, 0.25) is 0 Å². The molecular weight excluding hydrogens is 478 g/mol. The van der Waals surface area contributed by atoms with Crippen LogP contribution in [0.5, 0.6) is 0 Å². The van der Waals surface area contributed by atoms with Gasteiger partial charge in [0, 0.05) is 22.3 Å². The molecule has 0 amide bonds. The van der Waals surface area contributed by atoms with Crippen LogP contribution >= 0.6 is 0 Å². The Bertz CT molecular complexity index is 1880. The summed E-state index contributed by atoms with van der Waals surface area (Å²) in [7, 11) is 0. The largest absolute Gasteiger partial charge is 0.436 e. The standard InChI is InChI=1S/C35H23N3O/c1-4-11-24(12-5-1)25-19-21-27(22-20-25)34-36-30(26-13-6-2-7-14-26)23-31(37-34)29-17-10-18-32-33(29)38-35(39-32)28-15-8-3-9-16-28/h1-23H. The van der Waals surface area contributed by atoms with Crippen LogP contribution in [0, 0.1) is 0 Å². The predicted octanol–water partition coefficient (Wildman–Crippen LogP) is 8.95. The second-order valence-corrected chi connectivity index (χ2v) is 9.31. The summed E-state index contributed by atoms with van der Waals surface area (Å²) in [6.07, 6.45) is 0. The van der Waals surface area contributed by atoms with Crippen LogP contribution in [-0.4, -0.2) is 15.0 Å². The Morgan fingerprint density at radius 1 is 0.410 bits per heavy atom. The van der Waals surface area contributed by atoms with Gasteiger partial charge >= 0.3 is 0 Å². The first-order valence-corrected chi connectivity index (χ1v) is 12.9. The Morgan fingerprint density at radius 2 is 0.974 bits per heavy atom. The lowest BCUT2D eigenvalue weighted by Crippen LogP contribution is -1.96. The summed E-state index contributed by atoms with van der Waals surface area (Å²) < 4.78 is 6.15. The molecule has 0 spiro atoms. The average Bonchev–Trinajstić information content (AvgIpc) is 3.47. The van der Waals surface area contributed by atoms with Gasteiger partial charge in [-0.2, -0.15) is 0 Å². The molecule has 5 aromatic carbocycles. The predicted molar refractivity (Wildman–Crippen MR) is 157 cm³/mol. The fourth-order valence-corrected chi connectivity index (χ4v) is 4.77. The van der Waals surface area contributed by atoms with E-state index >= 15 is 0 Å². The number of benzene rings is 5. The average molecular weight is 502 g/mol. The number of hydrogen-bond donors (Lipinski definition) is 0. The monoisotopic (exact) mass is 501 g/mol. The molecule has 4 nitrogen and oxygen atoms in total. The Morgan fingerprint density at radius 3 is 1.67 bits per heavy atom. The topological polar surface area (TPSA) is 51.8 Å². The molecule has 7 rings (SSSR count). The third-order valence-corrected chi connectivity index (χ3v) is 6.76. The quantitative estimate of drug-likeness (QED) is 0.236. The molecule has 0 aliphatic rings. The molecule has 0 fully saturated rings. The molecule has 7 aromatic rings. The van der Waals surface area contributed by atoms with Gasteiger partial charge in [0.1, 0.15) is 5.52 Å². The van der Waals surface area contributed by atoms with Crippen LogP contribution in [-0.2, 0) is 0 Å². The van der Waals surface area contributed by atoms with Gasteiger partial charge in [0.15, 0.2) is 11.4 Å². The molecule has 4 heteroatoms. The minimum Gasteiger partial charge on any atom is -0.436 e. The van der Waals surface area contributed by atoms with Gasteiger partial charge in [-0.1, -0.05) is 115 Å². The number of aromatic nitrogens is 3. The summed E-state index contributed by atoms with van der Waals surface area (Å²) in [5, 5.41) is 0. The Kier molecular flexibility index (Phi) is 5.76. The summed E-state index contributed by atoms with van der Waals surface area (Å²) in [5.41, 5.74) is 9.30. The normalized spacial score (nSPS) is 11.1. The summed E-state index contributed by atoms with van der Waals surface area (Å²) in [5.74, 6) is 1.25. The number of nitrogens with zero attached hydrogens (tertiary/aromatic N) is 3. The number of rotatable bonds is 5. The van der Waals surface area contributed by atoms with Crippen LogP contribution in [0.3, 0.4) is 0 Å². The zero-order chi connectivity index (χ0) is 26.0. The fraction of sp³-hybridized carbons (Fsp3) is 0.